The Balaban J connectivity index is 1.92. The molecule has 1 heteroatoms. The van der Waals surface area contributed by atoms with Crippen molar-refractivity contribution in [1.82, 2.24) is 5.32 Å². The van der Waals surface area contributed by atoms with Crippen molar-refractivity contribution in [3.8, 4) is 0 Å². The molecule has 0 amide bonds. The van der Waals surface area contributed by atoms with E-state index in [2.05, 4.69) is 29.6 Å². The van der Waals surface area contributed by atoms with Crippen LogP contribution in [0.3, 0.4) is 0 Å². The van der Waals surface area contributed by atoms with Crippen molar-refractivity contribution in [2.24, 2.45) is 11.8 Å². The first-order valence-electron chi connectivity index (χ1n) is 5.75. The maximum atomic E-state index is 3.55. The van der Waals surface area contributed by atoms with E-state index >= 15 is 0 Å². The van der Waals surface area contributed by atoms with E-state index in [1.165, 1.54) is 37.9 Å². The highest BCUT2D eigenvalue weighted by Gasteiger charge is 2.28. The fourth-order valence-corrected chi connectivity index (χ4v) is 2.91. The molecule has 2 unspecified atom stereocenters. The Kier molecular flexibility index (Phi) is 1.97. The molecule has 3 rings (SSSR count). The fraction of sp³-hybridized carbons (Fsp3) is 0.538. The Morgan fingerprint density at radius 2 is 2.29 bits per heavy atom. The van der Waals surface area contributed by atoms with Crippen molar-refractivity contribution in [2.45, 2.75) is 25.7 Å². The van der Waals surface area contributed by atoms with Crippen molar-refractivity contribution >= 4 is 0 Å². The standard InChI is InChI=1S/C13H17N/c1-2-5-11-9-13-12(6-3-7-14-13)8-10(11)4-1/h1-2,5,9-10,12,14H,3-4,6-8H2. The van der Waals surface area contributed by atoms with Gasteiger partial charge in [0.1, 0.15) is 0 Å². The first kappa shape index (κ1) is 8.34. The Hall–Kier alpha value is -0.980. The lowest BCUT2D eigenvalue weighted by Crippen LogP contribution is -2.32. The van der Waals surface area contributed by atoms with Crippen LogP contribution in [0.15, 0.2) is 35.6 Å². The van der Waals surface area contributed by atoms with Crippen LogP contribution >= 0.6 is 0 Å². The second-order valence-corrected chi connectivity index (χ2v) is 4.63. The van der Waals surface area contributed by atoms with Crippen molar-refractivity contribution in [3.05, 3.63) is 35.6 Å². The molecule has 0 aromatic rings. The lowest BCUT2D eigenvalue weighted by molar-refractivity contribution is 0.356. The van der Waals surface area contributed by atoms with Crippen molar-refractivity contribution < 1.29 is 0 Å². The van der Waals surface area contributed by atoms with Crippen LogP contribution in [-0.4, -0.2) is 6.54 Å². The molecule has 0 spiro atoms. The van der Waals surface area contributed by atoms with Gasteiger partial charge in [-0.05, 0) is 49.2 Å². The average molecular weight is 187 g/mol. The molecule has 0 aromatic carbocycles. The van der Waals surface area contributed by atoms with Gasteiger partial charge in [0.2, 0.25) is 0 Å². The largest absolute Gasteiger partial charge is 0.388 e. The maximum absolute atomic E-state index is 3.55. The smallest absolute Gasteiger partial charge is 0.0144 e. The van der Waals surface area contributed by atoms with E-state index in [4.69, 9.17) is 0 Å². The summed E-state index contributed by atoms with van der Waals surface area (Å²) in [6.45, 7) is 1.18. The number of rotatable bonds is 0. The summed E-state index contributed by atoms with van der Waals surface area (Å²) in [5, 5.41) is 3.55. The molecule has 1 aliphatic heterocycles. The third-order valence-corrected chi connectivity index (χ3v) is 3.71. The first-order chi connectivity index (χ1) is 6.93. The van der Waals surface area contributed by atoms with Gasteiger partial charge >= 0.3 is 0 Å². The Morgan fingerprint density at radius 1 is 1.29 bits per heavy atom. The molecule has 1 heterocycles. The summed E-state index contributed by atoms with van der Waals surface area (Å²) in [4.78, 5) is 0. The minimum atomic E-state index is 0.814. The van der Waals surface area contributed by atoms with Gasteiger partial charge in [0.25, 0.3) is 0 Å². The van der Waals surface area contributed by atoms with E-state index in [9.17, 15) is 0 Å². The van der Waals surface area contributed by atoms with Gasteiger partial charge in [-0.15, -0.1) is 0 Å². The van der Waals surface area contributed by atoms with Gasteiger partial charge in [-0.3, -0.25) is 0 Å². The minimum absolute atomic E-state index is 0.814. The van der Waals surface area contributed by atoms with Gasteiger partial charge < -0.3 is 5.32 Å². The van der Waals surface area contributed by atoms with Crippen molar-refractivity contribution in [1.29, 1.82) is 0 Å². The summed E-state index contributed by atoms with van der Waals surface area (Å²) in [7, 11) is 0. The molecule has 1 nitrogen and oxygen atoms in total. The third kappa shape index (κ3) is 1.31. The summed E-state index contributed by atoms with van der Waals surface area (Å²) < 4.78 is 0. The number of fused-ring (bicyclic) bond motifs is 2. The molecule has 74 valence electrons. The zero-order valence-corrected chi connectivity index (χ0v) is 8.50. The van der Waals surface area contributed by atoms with E-state index in [1.54, 1.807) is 5.57 Å². The van der Waals surface area contributed by atoms with Gasteiger partial charge in [0, 0.05) is 12.2 Å². The quantitative estimate of drug-likeness (QED) is 0.615. The maximum Gasteiger partial charge on any atom is 0.0144 e. The number of piperidine rings is 1. The van der Waals surface area contributed by atoms with Crippen LogP contribution in [0.25, 0.3) is 0 Å². The number of hydrogen-bond acceptors (Lipinski definition) is 1. The number of allylic oxidation sites excluding steroid dienone is 6. The van der Waals surface area contributed by atoms with Crippen LogP contribution in [0.2, 0.25) is 0 Å². The Morgan fingerprint density at radius 3 is 3.29 bits per heavy atom. The van der Waals surface area contributed by atoms with Gasteiger partial charge in [-0.2, -0.15) is 0 Å². The molecule has 3 aliphatic rings. The summed E-state index contributed by atoms with van der Waals surface area (Å²) in [5.74, 6) is 1.64. The lowest BCUT2D eigenvalue weighted by Gasteiger charge is -2.35. The highest BCUT2D eigenvalue weighted by Crippen LogP contribution is 2.38. The molecular formula is C13H17N. The summed E-state index contributed by atoms with van der Waals surface area (Å²) >= 11 is 0. The van der Waals surface area contributed by atoms with Crippen LogP contribution in [-0.2, 0) is 0 Å². The molecule has 1 saturated heterocycles. The first-order valence-corrected chi connectivity index (χ1v) is 5.75. The molecule has 0 radical (unpaired) electrons. The molecule has 0 saturated carbocycles. The highest BCUT2D eigenvalue weighted by molar-refractivity contribution is 5.36. The van der Waals surface area contributed by atoms with Crippen molar-refractivity contribution in [2.75, 3.05) is 6.54 Å². The SMILES string of the molecule is C1=CCC2CC3CCCNC3=CC2=C1. The second-order valence-electron chi connectivity index (χ2n) is 4.63. The predicted octanol–water partition coefficient (Wildman–Crippen LogP) is 2.78. The van der Waals surface area contributed by atoms with Crippen LogP contribution in [0, 0.1) is 11.8 Å². The second kappa shape index (κ2) is 3.30. The molecule has 14 heavy (non-hydrogen) atoms. The lowest BCUT2D eigenvalue weighted by atomic mass is 9.75. The molecular weight excluding hydrogens is 170 g/mol. The van der Waals surface area contributed by atoms with Crippen LogP contribution in [0.1, 0.15) is 25.7 Å². The van der Waals surface area contributed by atoms with E-state index in [-0.39, 0.29) is 0 Å². The summed E-state index contributed by atoms with van der Waals surface area (Å²) in [6, 6.07) is 0. The molecule has 2 aliphatic carbocycles. The van der Waals surface area contributed by atoms with E-state index in [1.807, 2.05) is 0 Å². The summed E-state index contributed by atoms with van der Waals surface area (Å²) in [6.07, 6.45) is 14.6. The normalized spacial score (nSPS) is 34.9. The molecule has 0 aromatic heterocycles. The zero-order chi connectivity index (χ0) is 9.38. The van der Waals surface area contributed by atoms with Crippen LogP contribution in [0.5, 0.6) is 0 Å². The van der Waals surface area contributed by atoms with Gasteiger partial charge in [-0.25, -0.2) is 0 Å². The van der Waals surface area contributed by atoms with Gasteiger partial charge in [0.05, 0.1) is 0 Å². The minimum Gasteiger partial charge on any atom is -0.388 e. The number of nitrogens with one attached hydrogen (secondary N) is 1. The molecule has 2 atom stereocenters. The van der Waals surface area contributed by atoms with E-state index in [0.29, 0.717) is 0 Å². The third-order valence-electron chi connectivity index (χ3n) is 3.71. The van der Waals surface area contributed by atoms with Gasteiger partial charge in [-0.1, -0.05) is 18.2 Å². The van der Waals surface area contributed by atoms with E-state index in [0.717, 1.165) is 11.8 Å². The zero-order valence-electron chi connectivity index (χ0n) is 8.50. The average Bonchev–Trinajstić information content (AvgIpc) is 2.26. The Bertz CT molecular complexity index is 322. The van der Waals surface area contributed by atoms with Crippen molar-refractivity contribution in [3.63, 3.8) is 0 Å². The topological polar surface area (TPSA) is 12.0 Å². The molecule has 1 fully saturated rings. The van der Waals surface area contributed by atoms with E-state index < -0.39 is 0 Å². The monoisotopic (exact) mass is 187 g/mol. The highest BCUT2D eigenvalue weighted by atomic mass is 14.9. The summed E-state index contributed by atoms with van der Waals surface area (Å²) in [5.41, 5.74) is 3.06. The van der Waals surface area contributed by atoms with Crippen LogP contribution < -0.4 is 5.32 Å². The predicted molar refractivity (Wildman–Crippen MR) is 58.8 cm³/mol. The fourth-order valence-electron chi connectivity index (χ4n) is 2.91. The van der Waals surface area contributed by atoms with Crippen LogP contribution in [0.4, 0.5) is 0 Å². The van der Waals surface area contributed by atoms with Gasteiger partial charge in [0.15, 0.2) is 0 Å². The Labute approximate surface area is 85.6 Å². The molecule has 0 bridgehead atoms. The number of hydrogen-bond donors (Lipinski definition) is 1. The molecule has 1 N–H and O–H groups in total.